The van der Waals surface area contributed by atoms with Gasteiger partial charge < -0.3 is 24.8 Å². The fourth-order valence-corrected chi connectivity index (χ4v) is 1.20. The molecule has 0 bridgehead atoms. The summed E-state index contributed by atoms with van der Waals surface area (Å²) in [4.78, 5) is 4.16. The van der Waals surface area contributed by atoms with Gasteiger partial charge in [0.2, 0.25) is 0 Å². The van der Waals surface area contributed by atoms with E-state index >= 15 is 0 Å². The molecule has 0 N–H and O–H groups in total. The van der Waals surface area contributed by atoms with Gasteiger partial charge in [0.25, 0.3) is 0 Å². The molecule has 1 aromatic rings. The van der Waals surface area contributed by atoms with E-state index in [1.165, 1.54) is 0 Å². The molecule has 0 aromatic carbocycles. The molecule has 0 spiro atoms. The topological polar surface area (TPSA) is 36.7 Å². The maximum absolute atomic E-state index is 8.82. The molecule has 2 nitrogen and oxygen atoms in total. The number of hydrogen-bond acceptors (Lipinski definition) is 2. The van der Waals surface area contributed by atoms with Crippen molar-refractivity contribution in [2.24, 2.45) is 0 Å². The zero-order chi connectivity index (χ0) is 7.73. The summed E-state index contributed by atoms with van der Waals surface area (Å²) in [7, 11) is 0. The molecule has 0 atom stereocenters. The first kappa shape index (κ1) is 16.4. The van der Waals surface area contributed by atoms with Crippen LogP contribution in [-0.4, -0.2) is 28.0 Å². The van der Waals surface area contributed by atoms with E-state index in [4.69, 9.17) is 5.26 Å². The molecule has 1 aliphatic rings. The van der Waals surface area contributed by atoms with E-state index in [1.807, 2.05) is 18.2 Å². The molecule has 1 heterocycles. The number of hydrogen-bond donors (Lipinski definition) is 0. The van der Waals surface area contributed by atoms with Gasteiger partial charge in [-0.15, -0.1) is 0 Å². The molecule has 0 aliphatic heterocycles. The summed E-state index contributed by atoms with van der Waals surface area (Å²) in [6.45, 7) is 0. The van der Waals surface area contributed by atoms with Crippen LogP contribution in [0.25, 0.3) is 0 Å². The van der Waals surface area contributed by atoms with E-state index in [-0.39, 0.29) is 53.3 Å². The Labute approximate surface area is 112 Å². The fraction of sp³-hybridized carbons (Fsp3) is 0.333. The molecule has 1 saturated carbocycles. The van der Waals surface area contributed by atoms with Crippen molar-refractivity contribution in [2.75, 3.05) is 0 Å². The van der Waals surface area contributed by atoms with Gasteiger partial charge in [-0.05, 0) is 25.0 Å². The Morgan fingerprint density at radius 3 is 2.29 bits per heavy atom. The number of pyridine rings is 1. The molecule has 1 aromatic heterocycles. The Hall–Kier alpha value is -0.0138. The van der Waals surface area contributed by atoms with Gasteiger partial charge in [0.1, 0.15) is 0 Å². The van der Waals surface area contributed by atoms with Crippen LogP contribution < -0.4 is 24.8 Å². The Balaban J connectivity index is 0. The minimum atomic E-state index is -0.221. The fourth-order valence-electron chi connectivity index (χ4n) is 1.20. The van der Waals surface area contributed by atoms with Crippen LogP contribution in [0.5, 0.6) is 0 Å². The zero-order valence-corrected chi connectivity index (χ0v) is 10.5. The van der Waals surface area contributed by atoms with Gasteiger partial charge in [0.05, 0.1) is 17.2 Å². The number of halogens is 2. The first-order valence-electron chi connectivity index (χ1n) is 3.70. The largest absolute Gasteiger partial charge is 2.00 e. The third-order valence-corrected chi connectivity index (χ3v) is 2.12. The van der Waals surface area contributed by atoms with E-state index in [1.54, 1.807) is 6.20 Å². The standard InChI is InChI=1S/C9H8N2.2ClH.Mg/c10-7-9(4-5-9)8-3-1-2-6-11-8;;;/h1-3,6H,4-5H2;2*1H;/q;;;+2/p-2. The van der Waals surface area contributed by atoms with Crippen LogP contribution >= 0.6 is 0 Å². The van der Waals surface area contributed by atoms with Crippen molar-refractivity contribution in [3.8, 4) is 6.07 Å². The summed E-state index contributed by atoms with van der Waals surface area (Å²) in [5, 5.41) is 8.82. The number of aromatic nitrogens is 1. The Morgan fingerprint density at radius 1 is 1.29 bits per heavy atom. The van der Waals surface area contributed by atoms with Crippen molar-refractivity contribution in [1.82, 2.24) is 4.98 Å². The summed E-state index contributed by atoms with van der Waals surface area (Å²) >= 11 is 0. The van der Waals surface area contributed by atoms with Gasteiger partial charge >= 0.3 is 23.1 Å². The van der Waals surface area contributed by atoms with E-state index < -0.39 is 0 Å². The second kappa shape index (κ2) is 6.47. The van der Waals surface area contributed by atoms with Gasteiger partial charge in [0, 0.05) is 6.20 Å². The molecule has 0 unspecified atom stereocenters. The summed E-state index contributed by atoms with van der Waals surface area (Å²) in [5.74, 6) is 0. The van der Waals surface area contributed by atoms with Crippen LogP contribution in [0.15, 0.2) is 24.4 Å². The monoisotopic (exact) mass is 238 g/mol. The van der Waals surface area contributed by atoms with Gasteiger partial charge in [-0.25, -0.2) is 0 Å². The molecule has 0 radical (unpaired) electrons. The van der Waals surface area contributed by atoms with E-state index in [0.29, 0.717) is 0 Å². The third kappa shape index (κ3) is 2.99. The maximum Gasteiger partial charge on any atom is 2.00 e. The predicted molar refractivity (Wildman–Crippen MR) is 46.5 cm³/mol. The summed E-state index contributed by atoms with van der Waals surface area (Å²) in [6, 6.07) is 8.04. The van der Waals surface area contributed by atoms with Gasteiger partial charge in [-0.3, -0.25) is 4.98 Å². The smallest absolute Gasteiger partial charge is 1.00 e. The molecule has 0 saturated heterocycles. The van der Waals surface area contributed by atoms with Gasteiger partial charge in [-0.2, -0.15) is 5.26 Å². The van der Waals surface area contributed by atoms with Crippen LogP contribution in [0, 0.1) is 11.3 Å². The SMILES string of the molecule is N#CC1(c2ccccn2)CC1.[Cl-].[Cl-].[Mg+2]. The van der Waals surface area contributed by atoms with Gasteiger partial charge in [0.15, 0.2) is 0 Å². The minimum Gasteiger partial charge on any atom is -1.00 e. The van der Waals surface area contributed by atoms with Crippen molar-refractivity contribution in [3.63, 3.8) is 0 Å². The molecule has 14 heavy (non-hydrogen) atoms. The van der Waals surface area contributed by atoms with E-state index in [0.717, 1.165) is 18.5 Å². The van der Waals surface area contributed by atoms with Crippen LogP contribution in [0.4, 0.5) is 0 Å². The van der Waals surface area contributed by atoms with Crippen LogP contribution in [-0.2, 0) is 5.41 Å². The molecule has 5 heteroatoms. The Morgan fingerprint density at radius 2 is 1.93 bits per heavy atom. The van der Waals surface area contributed by atoms with Crippen molar-refractivity contribution in [2.45, 2.75) is 18.3 Å². The van der Waals surface area contributed by atoms with Gasteiger partial charge in [-0.1, -0.05) is 6.07 Å². The molecule has 70 valence electrons. The van der Waals surface area contributed by atoms with E-state index in [2.05, 4.69) is 11.1 Å². The average molecular weight is 239 g/mol. The molecule has 0 amide bonds. The Kier molecular flexibility index (Phi) is 7.58. The predicted octanol–water partition coefficient (Wildman–Crippen LogP) is -4.74. The van der Waals surface area contributed by atoms with Crippen molar-refractivity contribution in [3.05, 3.63) is 30.1 Å². The molecule has 1 fully saturated rings. The zero-order valence-electron chi connectivity index (χ0n) is 7.58. The normalized spacial score (nSPS) is 14.8. The summed E-state index contributed by atoms with van der Waals surface area (Å²) in [5.41, 5.74) is 0.712. The second-order valence-corrected chi connectivity index (χ2v) is 2.91. The third-order valence-electron chi connectivity index (χ3n) is 2.12. The van der Waals surface area contributed by atoms with E-state index in [9.17, 15) is 0 Å². The van der Waals surface area contributed by atoms with Crippen LogP contribution in [0.1, 0.15) is 18.5 Å². The Bertz CT molecular complexity index is 306. The average Bonchev–Trinajstić information content (AvgIpc) is 2.86. The summed E-state index contributed by atoms with van der Waals surface area (Å²) in [6.07, 6.45) is 3.69. The quantitative estimate of drug-likeness (QED) is 0.462. The molecule has 2 rings (SSSR count). The van der Waals surface area contributed by atoms with Crippen LogP contribution in [0.3, 0.4) is 0 Å². The first-order chi connectivity index (χ1) is 5.37. The number of rotatable bonds is 1. The molecular weight excluding hydrogens is 231 g/mol. The minimum absolute atomic E-state index is 0. The summed E-state index contributed by atoms with van der Waals surface area (Å²) < 4.78 is 0. The van der Waals surface area contributed by atoms with Crippen LogP contribution in [0.2, 0.25) is 0 Å². The first-order valence-corrected chi connectivity index (χ1v) is 3.70. The number of nitrogens with zero attached hydrogens (tertiary/aromatic N) is 2. The maximum atomic E-state index is 8.82. The molecule has 1 aliphatic carbocycles. The van der Waals surface area contributed by atoms with Crippen molar-refractivity contribution < 1.29 is 24.8 Å². The van der Waals surface area contributed by atoms with Crippen molar-refractivity contribution >= 4 is 23.1 Å². The second-order valence-electron chi connectivity index (χ2n) is 2.91. The molecular formula is C9H8Cl2MgN2. The number of nitriles is 1. The van der Waals surface area contributed by atoms with Crippen molar-refractivity contribution in [1.29, 1.82) is 5.26 Å².